The lowest BCUT2D eigenvalue weighted by atomic mass is 10.3. The van der Waals surface area contributed by atoms with E-state index in [2.05, 4.69) is 41.5 Å². The van der Waals surface area contributed by atoms with Gasteiger partial charge in [0, 0.05) is 21.4 Å². The normalized spacial score (nSPS) is 10.3. The smallest absolute Gasteiger partial charge is 0.334 e. The summed E-state index contributed by atoms with van der Waals surface area (Å²) in [6.45, 7) is 0. The van der Waals surface area contributed by atoms with Crippen LogP contribution in [-0.2, 0) is 0 Å². The molecule has 0 aliphatic rings. The Morgan fingerprint density at radius 2 is 1.68 bits per heavy atom. The van der Waals surface area contributed by atoms with Crippen molar-refractivity contribution in [3.63, 3.8) is 0 Å². The molecular formula is C15H10BrClN6O2. The number of aromatic nitrogens is 3. The zero-order valence-corrected chi connectivity index (χ0v) is 14.8. The van der Waals surface area contributed by atoms with E-state index in [0.29, 0.717) is 16.5 Å². The lowest BCUT2D eigenvalue weighted by Crippen LogP contribution is -2.06. The highest BCUT2D eigenvalue weighted by Gasteiger charge is 2.23. The van der Waals surface area contributed by atoms with Gasteiger partial charge >= 0.3 is 5.69 Å². The van der Waals surface area contributed by atoms with Gasteiger partial charge in [-0.3, -0.25) is 10.1 Å². The average molecular weight is 422 g/mol. The van der Waals surface area contributed by atoms with Crippen molar-refractivity contribution in [2.45, 2.75) is 0 Å². The van der Waals surface area contributed by atoms with Gasteiger partial charge in [0.1, 0.15) is 12.1 Å². The van der Waals surface area contributed by atoms with Gasteiger partial charge in [0.25, 0.3) is 0 Å². The summed E-state index contributed by atoms with van der Waals surface area (Å²) in [7, 11) is 0. The first-order valence-corrected chi connectivity index (χ1v) is 8.10. The molecule has 25 heavy (non-hydrogen) atoms. The van der Waals surface area contributed by atoms with Crippen LogP contribution in [0.25, 0.3) is 0 Å². The molecule has 0 atom stereocenters. The summed E-state index contributed by atoms with van der Waals surface area (Å²) in [6.07, 6.45) is 2.80. The highest BCUT2D eigenvalue weighted by Crippen LogP contribution is 2.32. The summed E-state index contributed by atoms with van der Waals surface area (Å²) in [5.74, 6) is 0.510. The minimum atomic E-state index is -0.556. The summed E-state index contributed by atoms with van der Waals surface area (Å²) in [5.41, 5.74) is 0.320. The van der Waals surface area contributed by atoms with E-state index in [1.165, 1.54) is 6.33 Å². The van der Waals surface area contributed by atoms with Crippen LogP contribution in [0.4, 0.5) is 28.8 Å². The van der Waals surface area contributed by atoms with Crippen LogP contribution in [0.3, 0.4) is 0 Å². The molecule has 0 aliphatic carbocycles. The summed E-state index contributed by atoms with van der Waals surface area (Å²) < 4.78 is 0.792. The molecule has 2 aromatic heterocycles. The topological polar surface area (TPSA) is 106 Å². The van der Waals surface area contributed by atoms with E-state index in [-0.39, 0.29) is 17.3 Å². The number of hydrogen-bond acceptors (Lipinski definition) is 7. The molecule has 0 amide bonds. The van der Waals surface area contributed by atoms with Crippen LogP contribution in [0.2, 0.25) is 5.02 Å². The molecule has 0 unspecified atom stereocenters. The Morgan fingerprint density at radius 3 is 2.28 bits per heavy atom. The zero-order valence-electron chi connectivity index (χ0n) is 12.5. The van der Waals surface area contributed by atoms with Crippen LogP contribution in [0.15, 0.2) is 53.4 Å². The average Bonchev–Trinajstić information content (AvgIpc) is 2.59. The number of anilines is 4. The van der Waals surface area contributed by atoms with Gasteiger partial charge in [-0.1, -0.05) is 11.6 Å². The standard InChI is InChI=1S/C15H10BrClN6O2/c16-9-1-6-12(18-7-9)22-15-13(23(24)25)14(19-8-20-15)21-11-4-2-10(17)3-5-11/h1-8H,(H2,18,19,20,21,22). The monoisotopic (exact) mass is 420 g/mol. The van der Waals surface area contributed by atoms with Crippen molar-refractivity contribution in [1.29, 1.82) is 0 Å². The number of nitrogens with zero attached hydrogens (tertiary/aromatic N) is 4. The number of nitrogens with one attached hydrogen (secondary N) is 2. The van der Waals surface area contributed by atoms with Gasteiger partial charge in [0.2, 0.25) is 11.6 Å². The summed E-state index contributed by atoms with van der Waals surface area (Å²) in [4.78, 5) is 23.0. The molecule has 0 radical (unpaired) electrons. The molecule has 8 nitrogen and oxygen atoms in total. The number of halogens is 2. The molecule has 126 valence electrons. The van der Waals surface area contributed by atoms with Crippen molar-refractivity contribution in [1.82, 2.24) is 15.0 Å². The van der Waals surface area contributed by atoms with Crippen molar-refractivity contribution in [2.75, 3.05) is 10.6 Å². The van der Waals surface area contributed by atoms with Gasteiger partial charge in [0.15, 0.2) is 0 Å². The van der Waals surface area contributed by atoms with Crippen molar-refractivity contribution in [3.05, 3.63) is 68.5 Å². The van der Waals surface area contributed by atoms with Gasteiger partial charge < -0.3 is 10.6 Å². The first kappa shape index (κ1) is 17.1. The molecule has 0 saturated heterocycles. The van der Waals surface area contributed by atoms with Gasteiger partial charge in [-0.05, 0) is 52.3 Å². The van der Waals surface area contributed by atoms with Crippen LogP contribution in [0.1, 0.15) is 0 Å². The number of pyridine rings is 1. The lowest BCUT2D eigenvalue weighted by molar-refractivity contribution is -0.383. The van der Waals surface area contributed by atoms with Gasteiger partial charge in [-0.25, -0.2) is 15.0 Å². The number of benzene rings is 1. The lowest BCUT2D eigenvalue weighted by Gasteiger charge is -2.09. The van der Waals surface area contributed by atoms with Gasteiger partial charge in [0.05, 0.1) is 4.92 Å². The molecule has 0 fully saturated rings. The fourth-order valence-corrected chi connectivity index (χ4v) is 2.34. The predicted octanol–water partition coefficient (Wildman–Crippen LogP) is 4.68. The third kappa shape index (κ3) is 4.20. The molecule has 2 N–H and O–H groups in total. The minimum Gasteiger partial charge on any atom is -0.334 e. The number of nitro groups is 1. The quantitative estimate of drug-likeness (QED) is 0.455. The summed E-state index contributed by atoms with van der Waals surface area (Å²) in [6, 6.07) is 10.1. The van der Waals surface area contributed by atoms with Crippen LogP contribution in [-0.4, -0.2) is 19.9 Å². The summed E-state index contributed by atoms with van der Waals surface area (Å²) >= 11 is 9.12. The first-order valence-electron chi connectivity index (χ1n) is 6.93. The van der Waals surface area contributed by atoms with Crippen LogP contribution in [0.5, 0.6) is 0 Å². The van der Waals surface area contributed by atoms with Crippen molar-refractivity contribution in [3.8, 4) is 0 Å². The third-order valence-electron chi connectivity index (χ3n) is 3.09. The van der Waals surface area contributed by atoms with Crippen LogP contribution < -0.4 is 10.6 Å². The maximum absolute atomic E-state index is 11.5. The SMILES string of the molecule is O=[N+]([O-])c1c(Nc2ccc(Cl)cc2)ncnc1Nc1ccc(Br)cn1. The van der Waals surface area contributed by atoms with E-state index in [4.69, 9.17) is 11.6 Å². The number of hydrogen-bond donors (Lipinski definition) is 2. The van der Waals surface area contributed by atoms with Crippen molar-refractivity contribution < 1.29 is 4.92 Å². The molecule has 10 heteroatoms. The van der Waals surface area contributed by atoms with Crippen LogP contribution in [0, 0.1) is 10.1 Å². The Kier molecular flexibility index (Phi) is 5.05. The summed E-state index contributed by atoms with van der Waals surface area (Å²) in [5, 5.41) is 17.8. The van der Waals surface area contributed by atoms with Crippen LogP contribution >= 0.6 is 27.5 Å². The second kappa shape index (κ2) is 7.41. The highest BCUT2D eigenvalue weighted by atomic mass is 79.9. The fraction of sp³-hybridized carbons (Fsp3) is 0. The maximum Gasteiger partial charge on any atom is 0.353 e. The minimum absolute atomic E-state index is 0.0336. The Labute approximate surface area is 155 Å². The Bertz CT molecular complexity index is 839. The molecule has 3 aromatic rings. The van der Waals surface area contributed by atoms with E-state index in [1.807, 2.05) is 0 Å². The third-order valence-corrected chi connectivity index (χ3v) is 3.81. The van der Waals surface area contributed by atoms with Gasteiger partial charge in [-0.15, -0.1) is 0 Å². The molecule has 1 aromatic carbocycles. The Hall–Kier alpha value is -2.78. The van der Waals surface area contributed by atoms with Crippen molar-refractivity contribution >= 4 is 56.4 Å². The molecule has 2 heterocycles. The van der Waals surface area contributed by atoms with E-state index in [9.17, 15) is 10.1 Å². The molecule has 0 aliphatic heterocycles. The van der Waals surface area contributed by atoms with E-state index >= 15 is 0 Å². The predicted molar refractivity (Wildman–Crippen MR) is 98.6 cm³/mol. The second-order valence-corrected chi connectivity index (χ2v) is 6.15. The van der Waals surface area contributed by atoms with Crippen molar-refractivity contribution in [2.24, 2.45) is 0 Å². The van der Waals surface area contributed by atoms with Gasteiger partial charge in [-0.2, -0.15) is 0 Å². The molecular weight excluding hydrogens is 412 g/mol. The highest BCUT2D eigenvalue weighted by molar-refractivity contribution is 9.10. The molecule has 0 bridgehead atoms. The van der Waals surface area contributed by atoms with E-state index in [0.717, 1.165) is 4.47 Å². The largest absolute Gasteiger partial charge is 0.353 e. The fourth-order valence-electron chi connectivity index (χ4n) is 1.98. The Morgan fingerprint density at radius 1 is 1.00 bits per heavy atom. The van der Waals surface area contributed by atoms with E-state index in [1.54, 1.807) is 42.6 Å². The molecule has 0 spiro atoms. The molecule has 3 rings (SSSR count). The van der Waals surface area contributed by atoms with E-state index < -0.39 is 4.92 Å². The first-order chi connectivity index (χ1) is 12.0. The second-order valence-electron chi connectivity index (χ2n) is 4.80. The zero-order chi connectivity index (χ0) is 17.8. The molecule has 0 saturated carbocycles. The Balaban J connectivity index is 1.94. The number of rotatable bonds is 5. The maximum atomic E-state index is 11.5.